The molecule has 0 aliphatic heterocycles. The Labute approximate surface area is 108 Å². The molecule has 1 rings (SSSR count). The topological polar surface area (TPSA) is 32.3 Å². The first-order valence-electron chi connectivity index (χ1n) is 5.82. The zero-order chi connectivity index (χ0) is 12.5. The number of aromatic hydroxyl groups is 1. The third-order valence-corrected chi connectivity index (χ3v) is 3.41. The van der Waals surface area contributed by atoms with E-state index in [1.165, 1.54) is 0 Å². The van der Waals surface area contributed by atoms with Gasteiger partial charge in [-0.1, -0.05) is 31.0 Å². The van der Waals surface area contributed by atoms with Gasteiger partial charge in [0.25, 0.3) is 0 Å². The van der Waals surface area contributed by atoms with E-state index in [1.807, 2.05) is 18.2 Å². The second-order valence-corrected chi connectivity index (χ2v) is 4.84. The van der Waals surface area contributed by atoms with Crippen LogP contribution in [0.4, 0.5) is 0 Å². The van der Waals surface area contributed by atoms with E-state index in [1.54, 1.807) is 17.8 Å². The zero-order valence-corrected chi connectivity index (χ0v) is 11.0. The van der Waals surface area contributed by atoms with Crippen LogP contribution in [0.15, 0.2) is 24.3 Å². The first kappa shape index (κ1) is 14.0. The maximum absolute atomic E-state index is 9.78. The van der Waals surface area contributed by atoms with Crippen molar-refractivity contribution in [2.75, 3.05) is 18.1 Å². The first-order chi connectivity index (χ1) is 8.29. The van der Waals surface area contributed by atoms with Crippen LogP contribution in [0, 0.1) is 12.3 Å². The van der Waals surface area contributed by atoms with Crippen molar-refractivity contribution in [3.05, 3.63) is 29.8 Å². The number of hydrogen-bond donors (Lipinski definition) is 2. The fraction of sp³-hybridized carbons (Fsp3) is 0.429. The zero-order valence-electron chi connectivity index (χ0n) is 10.1. The Balaban J connectivity index is 2.44. The highest BCUT2D eigenvalue weighted by Gasteiger charge is 2.11. The Kier molecular flexibility index (Phi) is 6.61. The molecule has 0 aliphatic carbocycles. The van der Waals surface area contributed by atoms with Crippen LogP contribution < -0.4 is 5.32 Å². The van der Waals surface area contributed by atoms with Gasteiger partial charge in [-0.15, -0.1) is 18.2 Å². The summed E-state index contributed by atoms with van der Waals surface area (Å²) in [6, 6.07) is 7.70. The van der Waals surface area contributed by atoms with Crippen LogP contribution in [0.1, 0.15) is 24.9 Å². The molecule has 2 N–H and O–H groups in total. The van der Waals surface area contributed by atoms with Gasteiger partial charge in [-0.05, 0) is 12.5 Å². The highest BCUT2D eigenvalue weighted by molar-refractivity contribution is 7.99. The van der Waals surface area contributed by atoms with E-state index in [0.29, 0.717) is 5.75 Å². The maximum Gasteiger partial charge on any atom is 0.120 e. The summed E-state index contributed by atoms with van der Waals surface area (Å²) in [5.41, 5.74) is 0.969. The van der Waals surface area contributed by atoms with Gasteiger partial charge in [0.1, 0.15) is 5.75 Å². The predicted molar refractivity (Wildman–Crippen MR) is 75.3 cm³/mol. The summed E-state index contributed by atoms with van der Waals surface area (Å²) in [6.45, 7) is 3.01. The Morgan fingerprint density at radius 2 is 2.24 bits per heavy atom. The number of nitrogens with one attached hydrogen (secondary N) is 1. The van der Waals surface area contributed by atoms with Crippen LogP contribution in [-0.4, -0.2) is 23.2 Å². The highest BCUT2D eigenvalue weighted by atomic mass is 32.2. The molecule has 2 nitrogen and oxygen atoms in total. The first-order valence-corrected chi connectivity index (χ1v) is 6.97. The number of phenolic OH excluding ortho intramolecular Hbond substituents is 1. The summed E-state index contributed by atoms with van der Waals surface area (Å²) in [6.07, 6.45) is 6.14. The molecular formula is C14H19NOS. The van der Waals surface area contributed by atoms with E-state index in [-0.39, 0.29) is 6.04 Å². The molecule has 3 heteroatoms. The summed E-state index contributed by atoms with van der Waals surface area (Å²) in [7, 11) is 0. The summed E-state index contributed by atoms with van der Waals surface area (Å²) < 4.78 is 0. The van der Waals surface area contributed by atoms with Crippen LogP contribution in [0.25, 0.3) is 0 Å². The van der Waals surface area contributed by atoms with E-state index >= 15 is 0 Å². The van der Waals surface area contributed by atoms with Gasteiger partial charge in [-0.3, -0.25) is 0 Å². The lowest BCUT2D eigenvalue weighted by Gasteiger charge is -2.18. The van der Waals surface area contributed by atoms with E-state index in [4.69, 9.17) is 6.42 Å². The van der Waals surface area contributed by atoms with E-state index in [9.17, 15) is 5.11 Å². The van der Waals surface area contributed by atoms with Crippen molar-refractivity contribution < 1.29 is 5.11 Å². The number of phenols is 1. The van der Waals surface area contributed by atoms with E-state index < -0.39 is 0 Å². The molecule has 0 saturated heterocycles. The van der Waals surface area contributed by atoms with Crippen molar-refractivity contribution in [1.29, 1.82) is 0 Å². The molecule has 0 aliphatic rings. The minimum Gasteiger partial charge on any atom is -0.508 e. The van der Waals surface area contributed by atoms with Crippen LogP contribution in [0.2, 0.25) is 0 Å². The number of thioether (sulfide) groups is 1. The Hall–Kier alpha value is -1.11. The van der Waals surface area contributed by atoms with Gasteiger partial charge in [0.15, 0.2) is 0 Å². The monoisotopic (exact) mass is 249 g/mol. The standard InChI is InChI=1S/C14H19NOS/c1-3-10-17-11-9-15-13(4-2)12-7-5-6-8-14(12)16/h1,5-8,13,15-16H,4,9-11H2,2H3. The number of hydrogen-bond acceptors (Lipinski definition) is 3. The SMILES string of the molecule is C#CCSCCNC(CC)c1ccccc1O. The van der Waals surface area contributed by atoms with Gasteiger partial charge in [0.05, 0.1) is 5.75 Å². The molecule has 0 bridgehead atoms. The summed E-state index contributed by atoms with van der Waals surface area (Å²) in [5, 5.41) is 13.2. The van der Waals surface area contributed by atoms with Gasteiger partial charge in [-0.2, -0.15) is 0 Å². The summed E-state index contributed by atoms with van der Waals surface area (Å²) >= 11 is 1.74. The van der Waals surface area contributed by atoms with Crippen molar-refractivity contribution in [3.8, 4) is 18.1 Å². The predicted octanol–water partition coefficient (Wildman–Crippen LogP) is 2.80. The second-order valence-electron chi connectivity index (χ2n) is 3.73. The van der Waals surface area contributed by atoms with Gasteiger partial charge >= 0.3 is 0 Å². The average molecular weight is 249 g/mol. The third kappa shape index (κ3) is 4.72. The van der Waals surface area contributed by atoms with Crippen molar-refractivity contribution in [1.82, 2.24) is 5.32 Å². The van der Waals surface area contributed by atoms with Crippen LogP contribution in [-0.2, 0) is 0 Å². The lowest BCUT2D eigenvalue weighted by atomic mass is 10.0. The summed E-state index contributed by atoms with van der Waals surface area (Å²) in [5.74, 6) is 4.72. The average Bonchev–Trinajstić information content (AvgIpc) is 2.35. The lowest BCUT2D eigenvalue weighted by Crippen LogP contribution is -2.23. The van der Waals surface area contributed by atoms with Crippen molar-refractivity contribution >= 4 is 11.8 Å². The molecule has 1 unspecified atom stereocenters. The molecule has 17 heavy (non-hydrogen) atoms. The molecule has 1 aromatic carbocycles. The minimum atomic E-state index is 0.211. The normalized spacial score (nSPS) is 12.0. The lowest BCUT2D eigenvalue weighted by molar-refractivity contribution is 0.445. The summed E-state index contributed by atoms with van der Waals surface area (Å²) in [4.78, 5) is 0. The van der Waals surface area contributed by atoms with Crippen molar-refractivity contribution in [2.24, 2.45) is 0 Å². The molecule has 0 radical (unpaired) electrons. The van der Waals surface area contributed by atoms with Gasteiger partial charge in [0, 0.05) is 23.9 Å². The highest BCUT2D eigenvalue weighted by Crippen LogP contribution is 2.25. The largest absolute Gasteiger partial charge is 0.508 e. The smallest absolute Gasteiger partial charge is 0.120 e. The van der Waals surface area contributed by atoms with Crippen LogP contribution >= 0.6 is 11.8 Å². The quantitative estimate of drug-likeness (QED) is 0.576. The van der Waals surface area contributed by atoms with Crippen molar-refractivity contribution in [3.63, 3.8) is 0 Å². The van der Waals surface area contributed by atoms with Gasteiger partial charge in [-0.25, -0.2) is 0 Å². The molecular weight excluding hydrogens is 230 g/mol. The number of rotatable bonds is 7. The van der Waals surface area contributed by atoms with Gasteiger partial charge < -0.3 is 10.4 Å². The Morgan fingerprint density at radius 1 is 1.47 bits per heavy atom. The molecule has 1 aromatic rings. The number of para-hydroxylation sites is 1. The fourth-order valence-corrected chi connectivity index (χ4v) is 2.22. The van der Waals surface area contributed by atoms with Crippen molar-refractivity contribution in [2.45, 2.75) is 19.4 Å². The van der Waals surface area contributed by atoms with E-state index in [2.05, 4.69) is 18.2 Å². The molecule has 0 spiro atoms. The molecule has 0 amide bonds. The maximum atomic E-state index is 9.78. The molecule has 1 atom stereocenters. The number of benzene rings is 1. The van der Waals surface area contributed by atoms with E-state index in [0.717, 1.165) is 30.0 Å². The molecule has 0 aromatic heterocycles. The molecule has 0 saturated carbocycles. The Bertz CT molecular complexity index is 373. The van der Waals surface area contributed by atoms with Crippen LogP contribution in [0.3, 0.4) is 0 Å². The minimum absolute atomic E-state index is 0.211. The molecule has 92 valence electrons. The fourth-order valence-electron chi connectivity index (χ4n) is 1.69. The van der Waals surface area contributed by atoms with Gasteiger partial charge in [0.2, 0.25) is 0 Å². The second kappa shape index (κ2) is 8.05. The number of terminal acetylenes is 1. The Morgan fingerprint density at radius 3 is 2.88 bits per heavy atom. The molecule has 0 heterocycles. The molecule has 0 fully saturated rings. The van der Waals surface area contributed by atoms with Crippen LogP contribution in [0.5, 0.6) is 5.75 Å². The third-order valence-electron chi connectivity index (χ3n) is 2.54.